The molecular weight excluding hydrogens is 202 g/mol. The standard InChI is InChI=1S/C12H19N3O/c1-3-7-15(8-9-16)12-11(10(2)13)5-4-6-14-12/h3-6,10,16H,1,7-9,13H2,2H3/t10-/m1/s1. The molecule has 16 heavy (non-hydrogen) atoms. The van der Waals surface area contributed by atoms with Gasteiger partial charge in [0.25, 0.3) is 0 Å². The van der Waals surface area contributed by atoms with Crippen LogP contribution in [-0.2, 0) is 0 Å². The second kappa shape index (κ2) is 6.25. The van der Waals surface area contributed by atoms with E-state index in [0.29, 0.717) is 13.1 Å². The summed E-state index contributed by atoms with van der Waals surface area (Å²) >= 11 is 0. The molecule has 4 heteroatoms. The molecular formula is C12H19N3O. The van der Waals surface area contributed by atoms with E-state index in [1.165, 1.54) is 0 Å². The van der Waals surface area contributed by atoms with Crippen LogP contribution in [0.3, 0.4) is 0 Å². The fourth-order valence-electron chi connectivity index (χ4n) is 1.59. The quantitative estimate of drug-likeness (QED) is 0.706. The van der Waals surface area contributed by atoms with Crippen molar-refractivity contribution in [2.24, 2.45) is 5.73 Å². The normalized spacial score (nSPS) is 12.2. The lowest BCUT2D eigenvalue weighted by atomic mass is 10.1. The fraction of sp³-hybridized carbons (Fsp3) is 0.417. The topological polar surface area (TPSA) is 62.4 Å². The van der Waals surface area contributed by atoms with Gasteiger partial charge < -0.3 is 15.7 Å². The Bertz CT molecular complexity index is 339. The highest BCUT2D eigenvalue weighted by Crippen LogP contribution is 2.21. The molecule has 1 atom stereocenters. The Kier molecular flexibility index (Phi) is 4.95. The zero-order valence-corrected chi connectivity index (χ0v) is 9.63. The highest BCUT2D eigenvalue weighted by atomic mass is 16.3. The fourth-order valence-corrected chi connectivity index (χ4v) is 1.59. The lowest BCUT2D eigenvalue weighted by Crippen LogP contribution is -2.29. The van der Waals surface area contributed by atoms with Crippen LogP contribution in [0.2, 0.25) is 0 Å². The van der Waals surface area contributed by atoms with Gasteiger partial charge in [-0.25, -0.2) is 4.98 Å². The lowest BCUT2D eigenvalue weighted by molar-refractivity contribution is 0.302. The second-order valence-corrected chi connectivity index (χ2v) is 3.66. The predicted octanol–water partition coefficient (Wildman–Crippen LogP) is 1.09. The maximum Gasteiger partial charge on any atom is 0.133 e. The molecule has 0 spiro atoms. The van der Waals surface area contributed by atoms with Gasteiger partial charge >= 0.3 is 0 Å². The Hall–Kier alpha value is -1.39. The maximum absolute atomic E-state index is 9.02. The van der Waals surface area contributed by atoms with Gasteiger partial charge in [0.2, 0.25) is 0 Å². The van der Waals surface area contributed by atoms with Gasteiger partial charge in [0.15, 0.2) is 0 Å². The van der Waals surface area contributed by atoms with E-state index in [9.17, 15) is 0 Å². The molecule has 4 nitrogen and oxygen atoms in total. The zero-order valence-electron chi connectivity index (χ0n) is 9.63. The molecule has 0 saturated carbocycles. The molecule has 0 unspecified atom stereocenters. The van der Waals surface area contributed by atoms with Gasteiger partial charge in [-0.2, -0.15) is 0 Å². The van der Waals surface area contributed by atoms with Crippen LogP contribution in [0.1, 0.15) is 18.5 Å². The van der Waals surface area contributed by atoms with Gasteiger partial charge in [-0.3, -0.25) is 0 Å². The molecule has 0 saturated heterocycles. The highest BCUT2D eigenvalue weighted by molar-refractivity contribution is 5.48. The van der Waals surface area contributed by atoms with Gasteiger partial charge in [0.1, 0.15) is 5.82 Å². The summed E-state index contributed by atoms with van der Waals surface area (Å²) in [5, 5.41) is 9.02. The molecule has 0 amide bonds. The third-order valence-corrected chi connectivity index (χ3v) is 2.33. The maximum atomic E-state index is 9.02. The SMILES string of the molecule is C=CCN(CCO)c1ncccc1[C@@H](C)N. The molecule has 1 aromatic heterocycles. The van der Waals surface area contributed by atoms with Crippen LogP contribution in [0.5, 0.6) is 0 Å². The monoisotopic (exact) mass is 221 g/mol. The molecule has 0 radical (unpaired) electrons. The van der Waals surface area contributed by atoms with Crippen molar-refractivity contribution in [2.45, 2.75) is 13.0 Å². The Balaban J connectivity index is 3.01. The molecule has 0 aliphatic rings. The molecule has 0 bridgehead atoms. The minimum Gasteiger partial charge on any atom is -0.395 e. The summed E-state index contributed by atoms with van der Waals surface area (Å²) in [7, 11) is 0. The number of nitrogens with two attached hydrogens (primary N) is 1. The summed E-state index contributed by atoms with van der Waals surface area (Å²) in [6.07, 6.45) is 3.52. The van der Waals surface area contributed by atoms with Crippen LogP contribution in [0.4, 0.5) is 5.82 Å². The van der Waals surface area contributed by atoms with Gasteiger partial charge in [0, 0.05) is 30.9 Å². The summed E-state index contributed by atoms with van der Waals surface area (Å²) in [5.41, 5.74) is 6.87. The summed E-state index contributed by atoms with van der Waals surface area (Å²) in [6, 6.07) is 3.75. The first-order valence-corrected chi connectivity index (χ1v) is 5.38. The first-order chi connectivity index (χ1) is 7.70. The van der Waals surface area contributed by atoms with Crippen molar-refractivity contribution in [3.8, 4) is 0 Å². The zero-order chi connectivity index (χ0) is 12.0. The second-order valence-electron chi connectivity index (χ2n) is 3.66. The van der Waals surface area contributed by atoms with E-state index in [2.05, 4.69) is 11.6 Å². The van der Waals surface area contributed by atoms with Crippen LogP contribution >= 0.6 is 0 Å². The lowest BCUT2D eigenvalue weighted by Gasteiger charge is -2.24. The molecule has 0 aromatic carbocycles. The molecule has 0 fully saturated rings. The van der Waals surface area contributed by atoms with Crippen LogP contribution in [-0.4, -0.2) is 29.8 Å². The average molecular weight is 221 g/mol. The number of aliphatic hydroxyl groups is 1. The van der Waals surface area contributed by atoms with Crippen LogP contribution in [0, 0.1) is 0 Å². The van der Waals surface area contributed by atoms with E-state index < -0.39 is 0 Å². The number of aliphatic hydroxyl groups excluding tert-OH is 1. The Labute approximate surface area is 96.4 Å². The number of rotatable bonds is 6. The summed E-state index contributed by atoms with van der Waals surface area (Å²) in [4.78, 5) is 6.29. The predicted molar refractivity (Wildman–Crippen MR) is 66.3 cm³/mol. The number of aromatic nitrogens is 1. The van der Waals surface area contributed by atoms with E-state index in [4.69, 9.17) is 10.8 Å². The van der Waals surface area contributed by atoms with Crippen molar-refractivity contribution in [1.29, 1.82) is 0 Å². The minimum absolute atomic E-state index is 0.0743. The molecule has 0 aliphatic carbocycles. The van der Waals surface area contributed by atoms with Gasteiger partial charge in [-0.1, -0.05) is 12.1 Å². The number of anilines is 1. The van der Waals surface area contributed by atoms with Crippen molar-refractivity contribution in [2.75, 3.05) is 24.6 Å². The number of pyridine rings is 1. The molecule has 1 rings (SSSR count). The molecule has 3 N–H and O–H groups in total. The highest BCUT2D eigenvalue weighted by Gasteiger charge is 2.13. The Morgan fingerprint density at radius 2 is 2.44 bits per heavy atom. The van der Waals surface area contributed by atoms with E-state index in [-0.39, 0.29) is 12.6 Å². The van der Waals surface area contributed by atoms with Crippen LogP contribution in [0.25, 0.3) is 0 Å². The summed E-state index contributed by atoms with van der Waals surface area (Å²) < 4.78 is 0. The van der Waals surface area contributed by atoms with Crippen molar-refractivity contribution >= 4 is 5.82 Å². The average Bonchev–Trinajstić information content (AvgIpc) is 2.29. The Morgan fingerprint density at radius 3 is 3.00 bits per heavy atom. The molecule has 1 heterocycles. The first kappa shape index (κ1) is 12.7. The molecule has 0 aliphatic heterocycles. The van der Waals surface area contributed by atoms with Gasteiger partial charge in [-0.15, -0.1) is 6.58 Å². The summed E-state index contributed by atoms with van der Waals surface area (Å²) in [5.74, 6) is 0.825. The van der Waals surface area contributed by atoms with Crippen LogP contribution in [0.15, 0.2) is 31.0 Å². The smallest absolute Gasteiger partial charge is 0.133 e. The number of nitrogens with zero attached hydrogens (tertiary/aromatic N) is 2. The molecule has 88 valence electrons. The third-order valence-electron chi connectivity index (χ3n) is 2.33. The first-order valence-electron chi connectivity index (χ1n) is 5.38. The third kappa shape index (κ3) is 3.05. The number of hydrogen-bond acceptors (Lipinski definition) is 4. The number of hydrogen-bond donors (Lipinski definition) is 2. The van der Waals surface area contributed by atoms with Gasteiger partial charge in [0.05, 0.1) is 6.61 Å². The van der Waals surface area contributed by atoms with E-state index in [1.54, 1.807) is 12.3 Å². The van der Waals surface area contributed by atoms with E-state index in [1.807, 2.05) is 24.0 Å². The van der Waals surface area contributed by atoms with E-state index >= 15 is 0 Å². The van der Waals surface area contributed by atoms with Crippen LogP contribution < -0.4 is 10.6 Å². The minimum atomic E-state index is -0.0743. The van der Waals surface area contributed by atoms with Gasteiger partial charge in [-0.05, 0) is 13.0 Å². The largest absolute Gasteiger partial charge is 0.395 e. The van der Waals surface area contributed by atoms with Crippen molar-refractivity contribution < 1.29 is 5.11 Å². The van der Waals surface area contributed by atoms with Crippen molar-refractivity contribution in [1.82, 2.24) is 4.98 Å². The van der Waals surface area contributed by atoms with Crippen molar-refractivity contribution in [3.63, 3.8) is 0 Å². The molecule has 1 aromatic rings. The van der Waals surface area contributed by atoms with Crippen molar-refractivity contribution in [3.05, 3.63) is 36.5 Å². The van der Waals surface area contributed by atoms with E-state index in [0.717, 1.165) is 11.4 Å². The Morgan fingerprint density at radius 1 is 1.69 bits per heavy atom. The summed E-state index contributed by atoms with van der Waals surface area (Å²) in [6.45, 7) is 6.89.